The number of Topliss-reactive ketones (excluding diaryl/α,β-unsaturated/α-hetero) is 1. The van der Waals surface area contributed by atoms with Crippen molar-refractivity contribution in [2.75, 3.05) is 0 Å². The van der Waals surface area contributed by atoms with E-state index in [2.05, 4.69) is 0 Å². The molecule has 1 fully saturated rings. The molecule has 0 N–H and O–H groups in total. The van der Waals surface area contributed by atoms with E-state index in [9.17, 15) is 4.79 Å². The number of hydrogen-bond donors (Lipinski definition) is 0. The van der Waals surface area contributed by atoms with Crippen LogP contribution in [0.5, 0.6) is 0 Å². The van der Waals surface area contributed by atoms with Crippen LogP contribution in [0.25, 0.3) is 0 Å². The Bertz CT molecular complexity index is 398. The molecular weight excluding hydrogens is 302 g/mol. The number of ether oxygens (including phenoxy) is 1. The number of carbonyl (C=O) groups is 1. The summed E-state index contributed by atoms with van der Waals surface area (Å²) in [6.45, 7) is 0. The second-order valence-electron chi connectivity index (χ2n) is 2.99. The van der Waals surface area contributed by atoms with Gasteiger partial charge in [0.05, 0.1) is 9.21 Å². The maximum atomic E-state index is 11.7. The molecule has 82 valence electrons. The number of epoxide rings is 1. The average Bonchev–Trinajstić information content (AvgIpc) is 2.82. The molecule has 2 atom stereocenters. The lowest BCUT2D eigenvalue weighted by Gasteiger charge is -2.04. The van der Waals surface area contributed by atoms with E-state index in [1.165, 1.54) is 11.3 Å². The summed E-state index contributed by atoms with van der Waals surface area (Å²) in [5.74, 6) is -0.191. The fraction of sp³-hybridized carbons (Fsp3) is 0.375. The van der Waals surface area contributed by atoms with Crippen molar-refractivity contribution in [1.29, 1.82) is 0 Å². The van der Waals surface area contributed by atoms with Gasteiger partial charge in [-0.25, -0.2) is 0 Å². The van der Waals surface area contributed by atoms with Gasteiger partial charge in [-0.05, 0) is 12.1 Å². The highest BCUT2D eigenvalue weighted by molar-refractivity contribution is 7.18. The van der Waals surface area contributed by atoms with Crippen LogP contribution in [-0.4, -0.2) is 21.8 Å². The van der Waals surface area contributed by atoms with E-state index >= 15 is 0 Å². The van der Waals surface area contributed by atoms with Gasteiger partial charge < -0.3 is 4.74 Å². The minimum Gasteiger partial charge on any atom is -0.356 e. The van der Waals surface area contributed by atoms with E-state index in [0.717, 1.165) is 0 Å². The fourth-order valence-corrected chi connectivity index (χ4v) is 2.66. The van der Waals surface area contributed by atoms with Gasteiger partial charge in [-0.2, -0.15) is 0 Å². The monoisotopic (exact) mass is 304 g/mol. The van der Waals surface area contributed by atoms with Gasteiger partial charge in [-0.3, -0.25) is 4.79 Å². The van der Waals surface area contributed by atoms with E-state index in [0.29, 0.717) is 9.21 Å². The number of halogens is 4. The van der Waals surface area contributed by atoms with E-state index in [-0.39, 0.29) is 5.78 Å². The number of thiophene rings is 1. The zero-order valence-corrected chi connectivity index (χ0v) is 10.9. The average molecular weight is 306 g/mol. The summed E-state index contributed by atoms with van der Waals surface area (Å²) >= 11 is 23.7. The molecule has 7 heteroatoms. The van der Waals surface area contributed by atoms with E-state index < -0.39 is 16.0 Å². The summed E-state index contributed by atoms with van der Waals surface area (Å²) in [6.07, 6.45) is -1.32. The van der Waals surface area contributed by atoms with Gasteiger partial charge in [0.1, 0.15) is 6.10 Å². The van der Waals surface area contributed by atoms with Crippen molar-refractivity contribution < 1.29 is 9.53 Å². The third-order valence-corrected chi connectivity index (χ3v) is 3.78. The molecule has 0 unspecified atom stereocenters. The summed E-state index contributed by atoms with van der Waals surface area (Å²) in [6, 6.07) is 3.28. The maximum Gasteiger partial charge on any atom is 0.219 e. The fourth-order valence-electron chi connectivity index (χ4n) is 1.15. The first-order valence-electron chi connectivity index (χ1n) is 3.91. The van der Waals surface area contributed by atoms with Crippen LogP contribution < -0.4 is 0 Å². The molecule has 1 aromatic rings. The second kappa shape index (κ2) is 4.06. The standard InChI is InChI=1S/C8H4Cl4O2S/c9-4-2-1-3(15-4)5(13)6-7(14-6)8(10,11)12/h1-2,6-7H/t6-,7+/m1/s1. The summed E-state index contributed by atoms with van der Waals surface area (Å²) in [5.41, 5.74) is 0. The van der Waals surface area contributed by atoms with Crippen molar-refractivity contribution >= 4 is 63.5 Å². The molecule has 1 aliphatic rings. The highest BCUT2D eigenvalue weighted by Crippen LogP contribution is 2.45. The smallest absolute Gasteiger partial charge is 0.219 e. The molecule has 0 amide bonds. The lowest BCUT2D eigenvalue weighted by Crippen LogP contribution is -2.19. The van der Waals surface area contributed by atoms with Crippen LogP contribution in [0.3, 0.4) is 0 Å². The highest BCUT2D eigenvalue weighted by atomic mass is 35.6. The molecule has 0 spiro atoms. The van der Waals surface area contributed by atoms with Gasteiger partial charge in [0, 0.05) is 0 Å². The third kappa shape index (κ3) is 2.60. The molecule has 0 aromatic carbocycles. The van der Waals surface area contributed by atoms with Gasteiger partial charge in [0.25, 0.3) is 0 Å². The number of ketones is 1. The van der Waals surface area contributed by atoms with Crippen molar-refractivity contribution in [3.8, 4) is 0 Å². The molecule has 0 saturated carbocycles. The van der Waals surface area contributed by atoms with Gasteiger partial charge in [-0.15, -0.1) is 11.3 Å². The Morgan fingerprint density at radius 2 is 2.07 bits per heavy atom. The predicted molar refractivity (Wildman–Crippen MR) is 62.6 cm³/mol. The van der Waals surface area contributed by atoms with Crippen LogP contribution in [0.1, 0.15) is 9.67 Å². The van der Waals surface area contributed by atoms with Crippen LogP contribution in [-0.2, 0) is 4.74 Å². The Morgan fingerprint density at radius 3 is 2.47 bits per heavy atom. The molecule has 1 aromatic heterocycles. The molecule has 0 bridgehead atoms. The molecule has 1 aliphatic heterocycles. The van der Waals surface area contributed by atoms with Gasteiger partial charge in [0.15, 0.2) is 6.10 Å². The first-order valence-corrected chi connectivity index (χ1v) is 6.24. The Labute approximate surface area is 110 Å². The normalized spacial score (nSPS) is 25.3. The van der Waals surface area contributed by atoms with Gasteiger partial charge in [-0.1, -0.05) is 46.4 Å². The first kappa shape index (κ1) is 12.0. The second-order valence-corrected chi connectivity index (χ2v) is 7.07. The minimum atomic E-state index is -1.55. The quantitative estimate of drug-likeness (QED) is 0.473. The lowest BCUT2D eigenvalue weighted by atomic mass is 10.2. The summed E-state index contributed by atoms with van der Waals surface area (Å²) in [5, 5.41) is 0. The van der Waals surface area contributed by atoms with E-state index in [1.54, 1.807) is 12.1 Å². The Balaban J connectivity index is 2.07. The number of carbonyl (C=O) groups excluding carboxylic acids is 1. The van der Waals surface area contributed by atoms with E-state index in [1.807, 2.05) is 0 Å². The van der Waals surface area contributed by atoms with Crippen LogP contribution in [0, 0.1) is 0 Å². The van der Waals surface area contributed by atoms with Gasteiger partial charge >= 0.3 is 0 Å². The Morgan fingerprint density at radius 1 is 1.40 bits per heavy atom. The number of alkyl halides is 3. The molecule has 1 saturated heterocycles. The molecule has 2 heterocycles. The summed E-state index contributed by atoms with van der Waals surface area (Å²) in [7, 11) is 0. The topological polar surface area (TPSA) is 29.6 Å². The zero-order chi connectivity index (χ0) is 11.2. The molecule has 0 radical (unpaired) electrons. The van der Waals surface area contributed by atoms with Crippen molar-refractivity contribution in [1.82, 2.24) is 0 Å². The minimum absolute atomic E-state index is 0.191. The molecular formula is C8H4Cl4O2S. The Kier molecular flexibility index (Phi) is 3.24. The molecule has 2 nitrogen and oxygen atoms in total. The zero-order valence-electron chi connectivity index (χ0n) is 7.05. The van der Waals surface area contributed by atoms with Crippen LogP contribution in [0.4, 0.5) is 0 Å². The van der Waals surface area contributed by atoms with Gasteiger partial charge in [0.2, 0.25) is 9.58 Å². The highest BCUT2D eigenvalue weighted by Gasteiger charge is 2.56. The SMILES string of the molecule is O=C(c1ccc(Cl)s1)[C@H]1O[C@@H]1C(Cl)(Cl)Cl. The lowest BCUT2D eigenvalue weighted by molar-refractivity contribution is 0.0957. The molecule has 0 aliphatic carbocycles. The van der Waals surface area contributed by atoms with Crippen molar-refractivity contribution in [2.24, 2.45) is 0 Å². The predicted octanol–water partition coefficient (Wildman–Crippen LogP) is 3.72. The van der Waals surface area contributed by atoms with Crippen LogP contribution in [0.2, 0.25) is 4.34 Å². The molecule has 2 rings (SSSR count). The van der Waals surface area contributed by atoms with Crippen LogP contribution >= 0.6 is 57.7 Å². The van der Waals surface area contributed by atoms with Crippen molar-refractivity contribution in [3.05, 3.63) is 21.3 Å². The first-order chi connectivity index (χ1) is 6.89. The number of hydrogen-bond acceptors (Lipinski definition) is 3. The summed E-state index contributed by atoms with van der Waals surface area (Å²) < 4.78 is 4.02. The van der Waals surface area contributed by atoms with Crippen molar-refractivity contribution in [3.63, 3.8) is 0 Å². The van der Waals surface area contributed by atoms with Crippen LogP contribution in [0.15, 0.2) is 12.1 Å². The largest absolute Gasteiger partial charge is 0.356 e. The molecule has 15 heavy (non-hydrogen) atoms. The maximum absolute atomic E-state index is 11.7. The number of rotatable bonds is 2. The third-order valence-electron chi connectivity index (χ3n) is 1.89. The Hall–Kier alpha value is 0.490. The van der Waals surface area contributed by atoms with E-state index in [4.69, 9.17) is 51.1 Å². The van der Waals surface area contributed by atoms with Crippen molar-refractivity contribution in [2.45, 2.75) is 16.0 Å². The summed E-state index contributed by atoms with van der Waals surface area (Å²) in [4.78, 5) is 12.2.